The predicted molar refractivity (Wildman–Crippen MR) is 75.8 cm³/mol. The number of halogens is 2. The number of benzene rings is 2. The molecule has 4 heteroatoms. The van der Waals surface area contributed by atoms with Gasteiger partial charge < -0.3 is 4.42 Å². The lowest BCUT2D eigenvalue weighted by Crippen LogP contribution is -2.01. The molecule has 0 saturated carbocycles. The molecule has 0 aliphatic carbocycles. The number of para-hydroxylation sites is 1. The molecular weight excluding hydrogens is 279 g/mol. The Bertz CT molecular complexity index is 820. The van der Waals surface area contributed by atoms with Crippen LogP contribution in [-0.4, -0.2) is 5.78 Å². The highest BCUT2D eigenvalue weighted by Crippen LogP contribution is 2.27. The molecule has 0 aliphatic rings. The molecule has 0 unspecified atom stereocenters. The van der Waals surface area contributed by atoms with E-state index in [9.17, 15) is 9.18 Å². The van der Waals surface area contributed by atoms with Crippen LogP contribution in [0.5, 0.6) is 0 Å². The van der Waals surface area contributed by atoms with Gasteiger partial charge in [-0.15, -0.1) is 0 Å². The maximum atomic E-state index is 13.6. The summed E-state index contributed by atoms with van der Waals surface area (Å²) in [5.41, 5.74) is 1.24. The summed E-state index contributed by atoms with van der Waals surface area (Å²) in [6.07, 6.45) is 0. The van der Waals surface area contributed by atoms with E-state index in [-0.39, 0.29) is 17.1 Å². The first-order chi connectivity index (χ1) is 9.58. The number of hydrogen-bond donors (Lipinski definition) is 0. The summed E-state index contributed by atoms with van der Waals surface area (Å²) < 4.78 is 18.9. The van der Waals surface area contributed by atoms with Crippen molar-refractivity contribution in [3.8, 4) is 0 Å². The molecule has 20 heavy (non-hydrogen) atoms. The van der Waals surface area contributed by atoms with Crippen molar-refractivity contribution in [2.45, 2.75) is 6.92 Å². The molecule has 0 fully saturated rings. The van der Waals surface area contributed by atoms with E-state index < -0.39 is 5.82 Å². The van der Waals surface area contributed by atoms with Gasteiger partial charge in [0.15, 0.2) is 17.2 Å². The Balaban J connectivity index is 2.13. The average molecular weight is 289 g/mol. The Morgan fingerprint density at radius 3 is 2.70 bits per heavy atom. The zero-order chi connectivity index (χ0) is 14.3. The molecule has 0 N–H and O–H groups in total. The quantitative estimate of drug-likeness (QED) is 0.636. The fraction of sp³-hybridized carbons (Fsp3) is 0.0625. The second-order valence-electron chi connectivity index (χ2n) is 4.53. The van der Waals surface area contributed by atoms with Crippen molar-refractivity contribution in [1.82, 2.24) is 0 Å². The van der Waals surface area contributed by atoms with Crippen molar-refractivity contribution in [2.75, 3.05) is 0 Å². The molecule has 0 bridgehead atoms. The Hall–Kier alpha value is -2.13. The van der Waals surface area contributed by atoms with Crippen LogP contribution in [0.15, 0.2) is 46.9 Å². The van der Waals surface area contributed by atoms with Crippen molar-refractivity contribution < 1.29 is 13.6 Å². The SMILES string of the molecule is Cc1cccc(C(=O)c2cc3cccc(F)c3o2)c1Cl. The minimum absolute atomic E-state index is 0.0811. The van der Waals surface area contributed by atoms with E-state index in [1.54, 1.807) is 24.3 Å². The van der Waals surface area contributed by atoms with Crippen LogP contribution in [0.25, 0.3) is 11.0 Å². The third-order valence-electron chi connectivity index (χ3n) is 3.16. The van der Waals surface area contributed by atoms with E-state index in [1.165, 1.54) is 12.1 Å². The molecule has 3 aromatic rings. The van der Waals surface area contributed by atoms with Crippen LogP contribution in [0.4, 0.5) is 4.39 Å². The van der Waals surface area contributed by atoms with Crippen LogP contribution in [0.1, 0.15) is 21.7 Å². The number of hydrogen-bond acceptors (Lipinski definition) is 2. The highest BCUT2D eigenvalue weighted by Gasteiger charge is 2.19. The zero-order valence-corrected chi connectivity index (χ0v) is 11.4. The largest absolute Gasteiger partial charge is 0.449 e. The fourth-order valence-electron chi connectivity index (χ4n) is 2.09. The van der Waals surface area contributed by atoms with E-state index in [1.807, 2.05) is 13.0 Å². The van der Waals surface area contributed by atoms with Crippen LogP contribution >= 0.6 is 11.6 Å². The van der Waals surface area contributed by atoms with Gasteiger partial charge in [-0.1, -0.05) is 35.9 Å². The lowest BCUT2D eigenvalue weighted by molar-refractivity contribution is 0.101. The van der Waals surface area contributed by atoms with E-state index in [4.69, 9.17) is 16.0 Å². The van der Waals surface area contributed by atoms with Gasteiger partial charge in [0.25, 0.3) is 0 Å². The van der Waals surface area contributed by atoms with Gasteiger partial charge in [0.05, 0.1) is 5.02 Å². The van der Waals surface area contributed by atoms with Gasteiger partial charge in [-0.25, -0.2) is 4.39 Å². The summed E-state index contributed by atoms with van der Waals surface area (Å²) >= 11 is 6.13. The summed E-state index contributed by atoms with van der Waals surface area (Å²) in [4.78, 5) is 12.4. The molecule has 0 spiro atoms. The second kappa shape index (κ2) is 4.76. The second-order valence-corrected chi connectivity index (χ2v) is 4.91. The first-order valence-corrected chi connectivity index (χ1v) is 6.43. The monoisotopic (exact) mass is 288 g/mol. The molecule has 0 amide bonds. The molecule has 1 aromatic heterocycles. The molecular formula is C16H10ClFO2. The molecule has 0 atom stereocenters. The zero-order valence-electron chi connectivity index (χ0n) is 10.6. The number of rotatable bonds is 2. The summed E-state index contributed by atoms with van der Waals surface area (Å²) in [6.45, 7) is 1.82. The number of aryl methyl sites for hydroxylation is 1. The van der Waals surface area contributed by atoms with Crippen LogP contribution in [-0.2, 0) is 0 Å². The summed E-state index contributed by atoms with van der Waals surface area (Å²) in [5, 5.41) is 0.940. The minimum atomic E-state index is -0.489. The van der Waals surface area contributed by atoms with Gasteiger partial charge in [0.1, 0.15) is 0 Å². The first kappa shape index (κ1) is 12.9. The molecule has 0 radical (unpaired) electrons. The maximum absolute atomic E-state index is 13.6. The summed E-state index contributed by atoms with van der Waals surface area (Å²) in [6, 6.07) is 11.3. The molecule has 3 rings (SSSR count). The average Bonchev–Trinajstić information content (AvgIpc) is 2.87. The third-order valence-corrected chi connectivity index (χ3v) is 3.66. The number of carbonyl (C=O) groups is 1. The standard InChI is InChI=1S/C16H10ClFO2/c1-9-4-2-6-11(14(9)17)15(19)13-8-10-5-3-7-12(18)16(10)20-13/h2-8H,1H3. The molecule has 100 valence electrons. The van der Waals surface area contributed by atoms with Crippen molar-refractivity contribution in [1.29, 1.82) is 0 Å². The van der Waals surface area contributed by atoms with E-state index in [0.29, 0.717) is 16.0 Å². The highest BCUT2D eigenvalue weighted by atomic mass is 35.5. The smallest absolute Gasteiger partial charge is 0.229 e. The van der Waals surface area contributed by atoms with Crippen LogP contribution in [0.3, 0.4) is 0 Å². The maximum Gasteiger partial charge on any atom is 0.229 e. The van der Waals surface area contributed by atoms with Crippen LogP contribution in [0.2, 0.25) is 5.02 Å². The Morgan fingerprint density at radius 1 is 1.20 bits per heavy atom. The fourth-order valence-corrected chi connectivity index (χ4v) is 2.31. The molecule has 0 aliphatic heterocycles. The lowest BCUT2D eigenvalue weighted by atomic mass is 10.1. The van der Waals surface area contributed by atoms with Gasteiger partial charge in [-0.2, -0.15) is 0 Å². The Labute approximate surface area is 119 Å². The van der Waals surface area contributed by atoms with Crippen molar-refractivity contribution in [3.05, 3.63) is 70.2 Å². The first-order valence-electron chi connectivity index (χ1n) is 6.06. The van der Waals surface area contributed by atoms with E-state index in [2.05, 4.69) is 0 Å². The van der Waals surface area contributed by atoms with Crippen molar-refractivity contribution in [3.63, 3.8) is 0 Å². The van der Waals surface area contributed by atoms with Gasteiger partial charge in [0.2, 0.25) is 5.78 Å². The Morgan fingerprint density at radius 2 is 1.95 bits per heavy atom. The van der Waals surface area contributed by atoms with Gasteiger partial charge in [0, 0.05) is 10.9 Å². The van der Waals surface area contributed by atoms with E-state index >= 15 is 0 Å². The third kappa shape index (κ3) is 2.00. The Kier molecular flexibility index (Phi) is 3.07. The number of fused-ring (bicyclic) bond motifs is 1. The summed E-state index contributed by atoms with van der Waals surface area (Å²) in [5.74, 6) is -0.760. The lowest BCUT2D eigenvalue weighted by Gasteiger charge is -2.03. The van der Waals surface area contributed by atoms with Gasteiger partial charge in [-0.05, 0) is 30.7 Å². The normalized spacial score (nSPS) is 10.9. The van der Waals surface area contributed by atoms with Crippen LogP contribution < -0.4 is 0 Å². The highest BCUT2D eigenvalue weighted by molar-refractivity contribution is 6.35. The van der Waals surface area contributed by atoms with Crippen LogP contribution in [0, 0.1) is 12.7 Å². The predicted octanol–water partition coefficient (Wildman–Crippen LogP) is 4.76. The summed E-state index contributed by atoms with van der Waals surface area (Å²) in [7, 11) is 0. The molecule has 2 aromatic carbocycles. The topological polar surface area (TPSA) is 30.2 Å². The molecule has 1 heterocycles. The molecule has 2 nitrogen and oxygen atoms in total. The van der Waals surface area contributed by atoms with E-state index in [0.717, 1.165) is 5.56 Å². The number of furan rings is 1. The number of carbonyl (C=O) groups excluding carboxylic acids is 1. The van der Waals surface area contributed by atoms with Crippen molar-refractivity contribution in [2.24, 2.45) is 0 Å². The number of ketones is 1. The van der Waals surface area contributed by atoms with Gasteiger partial charge in [-0.3, -0.25) is 4.79 Å². The molecule has 0 saturated heterocycles. The van der Waals surface area contributed by atoms with Gasteiger partial charge >= 0.3 is 0 Å². The minimum Gasteiger partial charge on any atom is -0.449 e. The van der Waals surface area contributed by atoms with Crippen molar-refractivity contribution >= 4 is 28.4 Å².